The van der Waals surface area contributed by atoms with Gasteiger partial charge in [0.15, 0.2) is 5.75 Å². The van der Waals surface area contributed by atoms with Crippen molar-refractivity contribution in [1.82, 2.24) is 4.57 Å². The first kappa shape index (κ1) is 15.1. The van der Waals surface area contributed by atoms with Gasteiger partial charge in [-0.1, -0.05) is 23.7 Å². The first-order chi connectivity index (χ1) is 9.95. The van der Waals surface area contributed by atoms with Gasteiger partial charge in [-0.2, -0.15) is 0 Å². The van der Waals surface area contributed by atoms with E-state index in [1.54, 1.807) is 25.1 Å². The molecule has 2 aromatic rings. The van der Waals surface area contributed by atoms with Gasteiger partial charge in [-0.25, -0.2) is 0 Å². The lowest BCUT2D eigenvalue weighted by Gasteiger charge is -2.11. The quantitative estimate of drug-likeness (QED) is 0.921. The molecule has 0 aliphatic rings. The Hall–Kier alpha value is -2.27. The minimum Gasteiger partial charge on any atom is -0.483 e. The van der Waals surface area contributed by atoms with E-state index < -0.39 is 5.97 Å². The number of halogens is 1. The van der Waals surface area contributed by atoms with E-state index in [9.17, 15) is 9.59 Å². The summed E-state index contributed by atoms with van der Waals surface area (Å²) in [5.41, 5.74) is 1.11. The van der Waals surface area contributed by atoms with E-state index in [2.05, 4.69) is 0 Å². The van der Waals surface area contributed by atoms with E-state index >= 15 is 0 Å². The molecule has 1 aromatic heterocycles. The second-order valence-electron chi connectivity index (χ2n) is 4.58. The molecule has 1 heterocycles. The predicted octanol–water partition coefficient (Wildman–Crippen LogP) is 2.47. The second kappa shape index (κ2) is 6.45. The number of carboxylic acid groups (broad SMARTS) is 1. The molecule has 21 heavy (non-hydrogen) atoms. The van der Waals surface area contributed by atoms with Crippen molar-refractivity contribution >= 4 is 17.6 Å². The summed E-state index contributed by atoms with van der Waals surface area (Å²) in [4.78, 5) is 22.6. The highest BCUT2D eigenvalue weighted by Crippen LogP contribution is 2.13. The molecule has 0 bridgehead atoms. The Morgan fingerprint density at radius 3 is 2.81 bits per heavy atom. The smallest absolute Gasteiger partial charge is 0.323 e. The Labute approximate surface area is 126 Å². The molecule has 0 unspecified atom stereocenters. The molecule has 0 amide bonds. The van der Waals surface area contributed by atoms with E-state index in [0.717, 1.165) is 5.56 Å². The molecule has 2 rings (SSSR count). The molecule has 6 heteroatoms. The molecule has 0 aliphatic carbocycles. The molecule has 110 valence electrons. The largest absolute Gasteiger partial charge is 0.483 e. The number of aromatic nitrogens is 1. The van der Waals surface area contributed by atoms with Crippen molar-refractivity contribution in [3.05, 3.63) is 63.0 Å². The van der Waals surface area contributed by atoms with Gasteiger partial charge in [-0.05, 0) is 24.6 Å². The number of aliphatic carboxylic acids is 1. The molecule has 5 nitrogen and oxygen atoms in total. The zero-order chi connectivity index (χ0) is 15.4. The van der Waals surface area contributed by atoms with Gasteiger partial charge in [0.1, 0.15) is 13.2 Å². The number of nitrogens with zero attached hydrogens (tertiary/aromatic N) is 1. The van der Waals surface area contributed by atoms with Crippen molar-refractivity contribution in [2.45, 2.75) is 20.1 Å². The molecule has 0 saturated carbocycles. The van der Waals surface area contributed by atoms with E-state index in [1.165, 1.54) is 16.8 Å². The van der Waals surface area contributed by atoms with Gasteiger partial charge in [0.05, 0.1) is 6.20 Å². The Morgan fingerprint density at radius 1 is 1.38 bits per heavy atom. The summed E-state index contributed by atoms with van der Waals surface area (Å²) in [5.74, 6) is -0.871. The zero-order valence-corrected chi connectivity index (χ0v) is 12.1. The van der Waals surface area contributed by atoms with E-state index in [-0.39, 0.29) is 24.3 Å². The third-order valence-corrected chi connectivity index (χ3v) is 3.13. The summed E-state index contributed by atoms with van der Waals surface area (Å²) < 4.78 is 6.93. The fraction of sp³-hybridized carbons (Fsp3) is 0.200. The Balaban J connectivity index is 2.19. The van der Waals surface area contributed by atoms with E-state index in [0.29, 0.717) is 10.7 Å². The minimum absolute atomic E-state index is 0.113. The van der Waals surface area contributed by atoms with Crippen LogP contribution in [0.15, 0.2) is 41.3 Å². The molecule has 0 atom stereocenters. The number of pyridine rings is 1. The Morgan fingerprint density at radius 2 is 2.14 bits per heavy atom. The number of carboxylic acids is 1. The van der Waals surface area contributed by atoms with Crippen LogP contribution >= 0.6 is 11.6 Å². The molecule has 1 aromatic carbocycles. The molecule has 0 aliphatic heterocycles. The molecular weight excluding hydrogens is 294 g/mol. The predicted molar refractivity (Wildman–Crippen MR) is 78.9 cm³/mol. The van der Waals surface area contributed by atoms with Crippen LogP contribution in [-0.4, -0.2) is 15.6 Å². The van der Waals surface area contributed by atoms with Gasteiger partial charge < -0.3 is 14.4 Å². The summed E-state index contributed by atoms with van der Waals surface area (Å²) in [6.45, 7) is 1.64. The maximum Gasteiger partial charge on any atom is 0.323 e. The van der Waals surface area contributed by atoms with Crippen LogP contribution in [-0.2, 0) is 17.9 Å². The van der Waals surface area contributed by atoms with Gasteiger partial charge in [0.2, 0.25) is 5.43 Å². The highest BCUT2D eigenvalue weighted by molar-refractivity contribution is 6.30. The summed E-state index contributed by atoms with van der Waals surface area (Å²) in [5, 5.41) is 9.42. The molecule has 0 saturated heterocycles. The standard InChI is InChI=1S/C15H14ClNO4/c1-10-5-13(18)14(7-17(10)8-15(19)20)21-9-11-3-2-4-12(16)6-11/h2-7H,8-9H2,1H3,(H,19,20). The summed E-state index contributed by atoms with van der Waals surface area (Å²) in [7, 11) is 0. The second-order valence-corrected chi connectivity index (χ2v) is 5.02. The Bertz CT molecular complexity index is 724. The summed E-state index contributed by atoms with van der Waals surface area (Å²) in [6, 6.07) is 8.47. The Kier molecular flexibility index (Phi) is 4.65. The maximum absolute atomic E-state index is 11.9. The van der Waals surface area contributed by atoms with Gasteiger partial charge in [-0.15, -0.1) is 0 Å². The van der Waals surface area contributed by atoms with E-state index in [1.807, 2.05) is 6.07 Å². The first-order valence-electron chi connectivity index (χ1n) is 6.26. The number of hydrogen-bond donors (Lipinski definition) is 1. The van der Waals surface area contributed by atoms with Crippen LogP contribution in [0, 0.1) is 6.92 Å². The summed E-state index contributed by atoms with van der Waals surface area (Å²) >= 11 is 5.87. The zero-order valence-electron chi connectivity index (χ0n) is 11.4. The number of benzene rings is 1. The fourth-order valence-electron chi connectivity index (χ4n) is 1.86. The average Bonchev–Trinajstić information content (AvgIpc) is 2.40. The van der Waals surface area contributed by atoms with Crippen LogP contribution in [0.25, 0.3) is 0 Å². The minimum atomic E-state index is -0.984. The number of aryl methyl sites for hydroxylation is 1. The number of ether oxygens (including phenoxy) is 1. The van der Waals surface area contributed by atoms with Crippen LogP contribution in [0.3, 0.4) is 0 Å². The molecular formula is C15H14ClNO4. The normalized spacial score (nSPS) is 10.4. The third-order valence-electron chi connectivity index (χ3n) is 2.90. The molecule has 0 spiro atoms. The van der Waals surface area contributed by atoms with Crippen molar-refractivity contribution in [3.8, 4) is 5.75 Å². The third kappa shape index (κ3) is 4.10. The number of hydrogen-bond acceptors (Lipinski definition) is 3. The maximum atomic E-state index is 11.9. The molecule has 0 radical (unpaired) electrons. The van der Waals surface area contributed by atoms with Gasteiger partial charge in [-0.3, -0.25) is 9.59 Å². The highest BCUT2D eigenvalue weighted by atomic mass is 35.5. The lowest BCUT2D eigenvalue weighted by atomic mass is 10.2. The van der Waals surface area contributed by atoms with Crippen LogP contribution in [0.4, 0.5) is 0 Å². The fourth-order valence-corrected chi connectivity index (χ4v) is 2.08. The van der Waals surface area contributed by atoms with Gasteiger partial charge in [0.25, 0.3) is 0 Å². The number of carbonyl (C=O) groups is 1. The van der Waals surface area contributed by atoms with Crippen molar-refractivity contribution in [2.75, 3.05) is 0 Å². The highest BCUT2D eigenvalue weighted by Gasteiger charge is 2.08. The van der Waals surface area contributed by atoms with Crippen molar-refractivity contribution < 1.29 is 14.6 Å². The lowest BCUT2D eigenvalue weighted by molar-refractivity contribution is -0.137. The van der Waals surface area contributed by atoms with Gasteiger partial charge in [0, 0.05) is 16.8 Å². The first-order valence-corrected chi connectivity index (χ1v) is 6.63. The lowest BCUT2D eigenvalue weighted by Crippen LogP contribution is -2.17. The van der Waals surface area contributed by atoms with Crippen molar-refractivity contribution in [3.63, 3.8) is 0 Å². The van der Waals surface area contributed by atoms with E-state index in [4.69, 9.17) is 21.4 Å². The molecule has 0 fully saturated rings. The van der Waals surface area contributed by atoms with Crippen LogP contribution in [0.2, 0.25) is 5.02 Å². The monoisotopic (exact) mass is 307 g/mol. The SMILES string of the molecule is Cc1cc(=O)c(OCc2cccc(Cl)c2)cn1CC(=O)O. The van der Waals surface area contributed by atoms with Crippen LogP contribution in [0.5, 0.6) is 5.75 Å². The number of rotatable bonds is 5. The van der Waals surface area contributed by atoms with Crippen LogP contribution in [0.1, 0.15) is 11.3 Å². The van der Waals surface area contributed by atoms with Gasteiger partial charge >= 0.3 is 5.97 Å². The summed E-state index contributed by atoms with van der Waals surface area (Å²) in [6.07, 6.45) is 1.41. The van der Waals surface area contributed by atoms with Crippen LogP contribution < -0.4 is 10.2 Å². The topological polar surface area (TPSA) is 68.5 Å². The van der Waals surface area contributed by atoms with Crippen molar-refractivity contribution in [1.29, 1.82) is 0 Å². The average molecular weight is 308 g/mol. The van der Waals surface area contributed by atoms with Crippen molar-refractivity contribution in [2.24, 2.45) is 0 Å². The molecule has 1 N–H and O–H groups in total.